The molecule has 1 saturated heterocycles. The lowest BCUT2D eigenvalue weighted by molar-refractivity contribution is 0.153. The second kappa shape index (κ2) is 6.68. The maximum atomic E-state index is 9.75. The maximum Gasteiger partial charge on any atom is 0.225 e. The first-order valence-electron chi connectivity index (χ1n) is 7.63. The van der Waals surface area contributed by atoms with Crippen LogP contribution in [0.4, 0.5) is 11.8 Å². The van der Waals surface area contributed by atoms with Gasteiger partial charge in [-0.15, -0.1) is 0 Å². The van der Waals surface area contributed by atoms with Crippen LogP contribution in [0.1, 0.15) is 12.8 Å². The number of aliphatic hydroxyl groups excluding tert-OH is 1. The summed E-state index contributed by atoms with van der Waals surface area (Å²) in [7, 11) is 3.80. The first-order valence-corrected chi connectivity index (χ1v) is 8.00. The van der Waals surface area contributed by atoms with Crippen molar-refractivity contribution in [1.82, 2.24) is 15.0 Å². The Hall–Kier alpha value is -1.92. The summed E-state index contributed by atoms with van der Waals surface area (Å²) in [5.41, 5.74) is 1.75. The third-order valence-corrected chi connectivity index (χ3v) is 4.17. The Morgan fingerprint density at radius 1 is 1.17 bits per heavy atom. The van der Waals surface area contributed by atoms with Crippen LogP contribution in [0.5, 0.6) is 0 Å². The molecule has 1 fully saturated rings. The minimum Gasteiger partial charge on any atom is -0.391 e. The first kappa shape index (κ1) is 16.0. The van der Waals surface area contributed by atoms with Gasteiger partial charge in [0.2, 0.25) is 5.95 Å². The molecule has 1 N–H and O–H groups in total. The summed E-state index contributed by atoms with van der Waals surface area (Å²) in [6.45, 7) is 1.46. The summed E-state index contributed by atoms with van der Waals surface area (Å²) in [4.78, 5) is 17.1. The van der Waals surface area contributed by atoms with Crippen LogP contribution in [0.3, 0.4) is 0 Å². The summed E-state index contributed by atoms with van der Waals surface area (Å²) >= 11 is 6.26. The van der Waals surface area contributed by atoms with Gasteiger partial charge in [0, 0.05) is 56.9 Å². The molecule has 1 atom stereocenters. The zero-order valence-corrected chi connectivity index (χ0v) is 14.0. The molecule has 0 saturated carbocycles. The molecule has 0 amide bonds. The Labute approximate surface area is 140 Å². The van der Waals surface area contributed by atoms with Crippen LogP contribution >= 0.6 is 11.6 Å². The van der Waals surface area contributed by atoms with E-state index in [-0.39, 0.29) is 6.10 Å². The van der Waals surface area contributed by atoms with Gasteiger partial charge in [0.25, 0.3) is 0 Å². The molecule has 0 aromatic carbocycles. The van der Waals surface area contributed by atoms with Gasteiger partial charge in [-0.05, 0) is 18.9 Å². The van der Waals surface area contributed by atoms with Crippen LogP contribution in [0.15, 0.2) is 24.7 Å². The van der Waals surface area contributed by atoms with Crippen molar-refractivity contribution in [2.45, 2.75) is 18.9 Å². The number of piperidine rings is 1. The number of rotatable bonds is 3. The molecule has 122 valence electrons. The van der Waals surface area contributed by atoms with Gasteiger partial charge >= 0.3 is 0 Å². The van der Waals surface area contributed by atoms with Crippen molar-refractivity contribution in [3.05, 3.63) is 29.7 Å². The van der Waals surface area contributed by atoms with Crippen LogP contribution in [0.25, 0.3) is 11.1 Å². The number of anilines is 2. The van der Waals surface area contributed by atoms with Crippen LogP contribution in [-0.4, -0.2) is 53.3 Å². The number of pyridine rings is 1. The summed E-state index contributed by atoms with van der Waals surface area (Å²) in [6.07, 6.45) is 6.81. The maximum absolute atomic E-state index is 9.75. The lowest BCUT2D eigenvalue weighted by Crippen LogP contribution is -2.39. The highest BCUT2D eigenvalue weighted by molar-refractivity contribution is 6.33. The lowest BCUT2D eigenvalue weighted by atomic mass is 10.1. The second-order valence-corrected chi connectivity index (χ2v) is 6.34. The van der Waals surface area contributed by atoms with E-state index in [1.807, 2.05) is 30.0 Å². The van der Waals surface area contributed by atoms with Gasteiger partial charge < -0.3 is 14.9 Å². The molecular formula is C16H20ClN5O. The van der Waals surface area contributed by atoms with Crippen LogP contribution < -0.4 is 9.80 Å². The molecule has 0 aliphatic carbocycles. The smallest absolute Gasteiger partial charge is 0.225 e. The standard InChI is InChI=1S/C16H20ClN5O/c1-21(2)15-14(17)6-11(7-18-15)12-8-19-16(20-9-12)22-5-3-4-13(23)10-22/h6-9,13,23H,3-5,10H2,1-2H3. The van der Waals surface area contributed by atoms with Gasteiger partial charge in [0.05, 0.1) is 11.1 Å². The van der Waals surface area contributed by atoms with Gasteiger partial charge in [-0.2, -0.15) is 0 Å². The first-order chi connectivity index (χ1) is 11.0. The Bertz CT molecular complexity index is 677. The average molecular weight is 334 g/mol. The highest BCUT2D eigenvalue weighted by Crippen LogP contribution is 2.27. The molecule has 2 aromatic heterocycles. The fourth-order valence-corrected chi connectivity index (χ4v) is 3.02. The average Bonchev–Trinajstić information content (AvgIpc) is 2.54. The molecule has 23 heavy (non-hydrogen) atoms. The molecule has 3 rings (SSSR count). The Kier molecular flexibility index (Phi) is 4.63. The van der Waals surface area contributed by atoms with Crippen molar-refractivity contribution in [2.24, 2.45) is 0 Å². The Morgan fingerprint density at radius 3 is 2.48 bits per heavy atom. The van der Waals surface area contributed by atoms with Gasteiger partial charge in [0.15, 0.2) is 0 Å². The molecule has 3 heterocycles. The summed E-state index contributed by atoms with van der Waals surface area (Å²) in [6, 6.07) is 1.87. The quantitative estimate of drug-likeness (QED) is 0.929. The number of aliphatic hydroxyl groups is 1. The minimum absolute atomic E-state index is 0.298. The van der Waals surface area contributed by atoms with Crippen molar-refractivity contribution in [1.29, 1.82) is 0 Å². The molecule has 0 bridgehead atoms. The van der Waals surface area contributed by atoms with Gasteiger partial charge in [-0.1, -0.05) is 11.6 Å². The highest BCUT2D eigenvalue weighted by Gasteiger charge is 2.19. The number of hydrogen-bond donors (Lipinski definition) is 1. The predicted molar refractivity (Wildman–Crippen MR) is 92.1 cm³/mol. The molecule has 1 aliphatic heterocycles. The summed E-state index contributed by atoms with van der Waals surface area (Å²) < 4.78 is 0. The summed E-state index contributed by atoms with van der Waals surface area (Å²) in [5.74, 6) is 1.38. The molecule has 7 heteroatoms. The van der Waals surface area contributed by atoms with E-state index in [2.05, 4.69) is 15.0 Å². The Morgan fingerprint density at radius 2 is 1.87 bits per heavy atom. The molecule has 2 aromatic rings. The molecule has 6 nitrogen and oxygen atoms in total. The minimum atomic E-state index is -0.298. The lowest BCUT2D eigenvalue weighted by Gasteiger charge is -2.29. The zero-order valence-electron chi connectivity index (χ0n) is 13.3. The van der Waals surface area contributed by atoms with E-state index < -0.39 is 0 Å². The highest BCUT2D eigenvalue weighted by atomic mass is 35.5. The normalized spacial score (nSPS) is 18.1. The van der Waals surface area contributed by atoms with Gasteiger partial charge in [0.1, 0.15) is 5.82 Å². The van der Waals surface area contributed by atoms with Gasteiger partial charge in [-0.25, -0.2) is 15.0 Å². The van der Waals surface area contributed by atoms with Crippen molar-refractivity contribution in [3.63, 3.8) is 0 Å². The van der Waals surface area contributed by atoms with E-state index in [0.717, 1.165) is 36.3 Å². The Balaban J connectivity index is 1.80. The third-order valence-electron chi connectivity index (χ3n) is 3.90. The number of nitrogens with zero attached hydrogens (tertiary/aromatic N) is 5. The predicted octanol–water partition coefficient (Wildman–Crippen LogP) is 2.22. The number of β-amino-alcohol motifs (C(OH)–C–C–N with tert-alkyl or cyclic N) is 1. The van der Waals surface area contributed by atoms with Crippen LogP contribution in [0, 0.1) is 0 Å². The van der Waals surface area contributed by atoms with Crippen LogP contribution in [0.2, 0.25) is 5.02 Å². The largest absolute Gasteiger partial charge is 0.391 e. The van der Waals surface area contributed by atoms with E-state index in [0.29, 0.717) is 17.5 Å². The SMILES string of the molecule is CN(C)c1ncc(-c2cnc(N3CCCC(O)C3)nc2)cc1Cl. The fourth-order valence-electron chi connectivity index (χ4n) is 2.69. The molecule has 0 spiro atoms. The molecule has 1 aliphatic rings. The molecule has 1 unspecified atom stereocenters. The van der Waals surface area contributed by atoms with E-state index in [1.165, 1.54) is 0 Å². The van der Waals surface area contributed by atoms with Gasteiger partial charge in [-0.3, -0.25) is 0 Å². The topological polar surface area (TPSA) is 65.4 Å². The fraction of sp³-hybridized carbons (Fsp3) is 0.438. The monoisotopic (exact) mass is 333 g/mol. The number of hydrogen-bond acceptors (Lipinski definition) is 6. The van der Waals surface area contributed by atoms with E-state index in [9.17, 15) is 5.11 Å². The van der Waals surface area contributed by atoms with E-state index in [4.69, 9.17) is 11.6 Å². The number of halogens is 1. The van der Waals surface area contributed by atoms with E-state index >= 15 is 0 Å². The third kappa shape index (κ3) is 3.54. The van der Waals surface area contributed by atoms with Crippen molar-refractivity contribution >= 4 is 23.4 Å². The second-order valence-electron chi connectivity index (χ2n) is 5.94. The van der Waals surface area contributed by atoms with Crippen molar-refractivity contribution in [3.8, 4) is 11.1 Å². The zero-order chi connectivity index (χ0) is 16.4. The van der Waals surface area contributed by atoms with Crippen molar-refractivity contribution < 1.29 is 5.11 Å². The van der Waals surface area contributed by atoms with E-state index in [1.54, 1.807) is 18.6 Å². The molecule has 0 radical (unpaired) electrons. The van der Waals surface area contributed by atoms with Crippen LogP contribution in [-0.2, 0) is 0 Å². The molecular weight excluding hydrogens is 314 g/mol. The van der Waals surface area contributed by atoms with Crippen molar-refractivity contribution in [2.75, 3.05) is 37.0 Å². The summed E-state index contributed by atoms with van der Waals surface area (Å²) in [5, 5.41) is 10.3. The number of aromatic nitrogens is 3.